The van der Waals surface area contributed by atoms with Gasteiger partial charge in [-0.2, -0.15) is 5.90 Å². The van der Waals surface area contributed by atoms with E-state index in [4.69, 9.17) is 20.1 Å². The summed E-state index contributed by atoms with van der Waals surface area (Å²) in [5.74, 6) is 6.54. The minimum absolute atomic E-state index is 0.0000530. The fourth-order valence-electron chi connectivity index (χ4n) is 7.83. The number of benzene rings is 1. The van der Waals surface area contributed by atoms with E-state index in [0.29, 0.717) is 42.3 Å². The van der Waals surface area contributed by atoms with Crippen LogP contribution in [0.5, 0.6) is 5.75 Å². The molecule has 192 valence electrons. The van der Waals surface area contributed by atoms with Crippen molar-refractivity contribution in [1.29, 1.82) is 0 Å². The molecule has 2 saturated carbocycles. The van der Waals surface area contributed by atoms with E-state index in [2.05, 4.69) is 11.8 Å². The Kier molecular flexibility index (Phi) is 6.16. The number of fused-ring (bicyclic) bond motifs is 6. The second kappa shape index (κ2) is 8.77. The van der Waals surface area contributed by atoms with E-state index < -0.39 is 11.4 Å². The second-order valence-electron chi connectivity index (χ2n) is 12.0. The SMILES string of the molecule is COCCOc1cc2c(cc1C(=O)ON)C1CC[C@@]3(C)C(CC[C@@]34CCC(C)(C)C(=O)O4)C1CC2. The fourth-order valence-corrected chi connectivity index (χ4v) is 7.83. The van der Waals surface area contributed by atoms with E-state index in [1.54, 1.807) is 7.11 Å². The number of carbonyl (C=O) groups is 2. The van der Waals surface area contributed by atoms with Gasteiger partial charge in [0.05, 0.1) is 12.0 Å². The number of hydrogen-bond donors (Lipinski definition) is 1. The van der Waals surface area contributed by atoms with E-state index in [1.807, 2.05) is 26.0 Å². The van der Waals surface area contributed by atoms with Crippen molar-refractivity contribution in [3.8, 4) is 5.75 Å². The smallest absolute Gasteiger partial charge is 0.360 e. The maximum atomic E-state index is 12.9. The molecule has 4 aliphatic rings. The summed E-state index contributed by atoms with van der Waals surface area (Å²) in [6, 6.07) is 3.96. The van der Waals surface area contributed by atoms with Crippen LogP contribution in [0.1, 0.15) is 93.1 Å². The Hall–Kier alpha value is -2.12. The van der Waals surface area contributed by atoms with Crippen LogP contribution in [0.4, 0.5) is 0 Å². The monoisotopic (exact) mass is 485 g/mol. The number of hydrogen-bond acceptors (Lipinski definition) is 7. The fraction of sp³-hybridized carbons (Fsp3) is 0.714. The lowest BCUT2D eigenvalue weighted by atomic mass is 9.52. The number of nitrogens with two attached hydrogens (primary N) is 1. The van der Waals surface area contributed by atoms with Crippen molar-refractivity contribution < 1.29 is 28.6 Å². The zero-order valence-electron chi connectivity index (χ0n) is 21.5. The van der Waals surface area contributed by atoms with Gasteiger partial charge in [0.25, 0.3) is 0 Å². The molecule has 0 bridgehead atoms. The minimum atomic E-state index is -0.584. The van der Waals surface area contributed by atoms with Crippen LogP contribution in [0.15, 0.2) is 12.1 Å². The summed E-state index contributed by atoms with van der Waals surface area (Å²) in [4.78, 5) is 30.0. The highest BCUT2D eigenvalue weighted by molar-refractivity contribution is 5.93. The Labute approximate surface area is 208 Å². The highest BCUT2D eigenvalue weighted by atomic mass is 16.7. The average Bonchev–Trinajstić information content (AvgIpc) is 3.13. The van der Waals surface area contributed by atoms with Crippen molar-refractivity contribution in [2.24, 2.45) is 28.6 Å². The van der Waals surface area contributed by atoms with Crippen LogP contribution in [0.3, 0.4) is 0 Å². The van der Waals surface area contributed by atoms with Gasteiger partial charge in [0.1, 0.15) is 23.5 Å². The van der Waals surface area contributed by atoms with Crippen LogP contribution >= 0.6 is 0 Å². The van der Waals surface area contributed by atoms with Gasteiger partial charge in [0, 0.05) is 12.5 Å². The largest absolute Gasteiger partial charge is 0.490 e. The number of rotatable bonds is 5. The molecule has 5 atom stereocenters. The third-order valence-electron chi connectivity index (χ3n) is 9.98. The van der Waals surface area contributed by atoms with Gasteiger partial charge in [-0.05, 0) is 106 Å². The molecule has 7 nitrogen and oxygen atoms in total. The lowest BCUT2D eigenvalue weighted by molar-refractivity contribution is -0.206. The van der Waals surface area contributed by atoms with Gasteiger partial charge in [-0.1, -0.05) is 6.92 Å². The first-order valence-electron chi connectivity index (χ1n) is 13.1. The van der Waals surface area contributed by atoms with Crippen LogP contribution in [-0.2, 0) is 25.5 Å². The maximum absolute atomic E-state index is 12.9. The summed E-state index contributed by atoms with van der Waals surface area (Å²) in [5, 5.41) is 0. The summed E-state index contributed by atoms with van der Waals surface area (Å²) in [6.45, 7) is 7.17. The van der Waals surface area contributed by atoms with Crippen molar-refractivity contribution in [2.75, 3.05) is 20.3 Å². The molecule has 1 saturated heterocycles. The van der Waals surface area contributed by atoms with Gasteiger partial charge in [-0.3, -0.25) is 4.79 Å². The third kappa shape index (κ3) is 3.77. The third-order valence-corrected chi connectivity index (χ3v) is 9.98. The maximum Gasteiger partial charge on any atom is 0.360 e. The molecule has 1 aromatic rings. The predicted octanol–water partition coefficient (Wildman–Crippen LogP) is 4.70. The Morgan fingerprint density at radius 2 is 1.89 bits per heavy atom. The first-order chi connectivity index (χ1) is 16.7. The van der Waals surface area contributed by atoms with Crippen molar-refractivity contribution >= 4 is 11.9 Å². The highest BCUT2D eigenvalue weighted by Gasteiger charge is 2.65. The van der Waals surface area contributed by atoms with E-state index in [0.717, 1.165) is 51.4 Å². The summed E-state index contributed by atoms with van der Waals surface area (Å²) in [6.07, 6.45) is 8.00. The molecular weight excluding hydrogens is 446 g/mol. The molecule has 1 spiro atoms. The number of ether oxygens (including phenoxy) is 3. The Morgan fingerprint density at radius 3 is 2.60 bits per heavy atom. The van der Waals surface area contributed by atoms with E-state index >= 15 is 0 Å². The molecule has 1 heterocycles. The predicted molar refractivity (Wildman–Crippen MR) is 130 cm³/mol. The van der Waals surface area contributed by atoms with Crippen molar-refractivity contribution in [3.63, 3.8) is 0 Å². The zero-order chi connectivity index (χ0) is 25.0. The highest BCUT2D eigenvalue weighted by Crippen LogP contribution is 2.67. The van der Waals surface area contributed by atoms with Crippen LogP contribution < -0.4 is 10.6 Å². The second-order valence-corrected chi connectivity index (χ2v) is 12.0. The summed E-state index contributed by atoms with van der Waals surface area (Å²) in [5.41, 5.74) is 2.13. The number of esters is 1. The molecular formula is C28H39NO6. The molecule has 1 aromatic carbocycles. The molecule has 0 aromatic heterocycles. The minimum Gasteiger partial charge on any atom is -0.490 e. The Balaban J connectivity index is 1.44. The summed E-state index contributed by atoms with van der Waals surface area (Å²) in [7, 11) is 1.62. The van der Waals surface area contributed by atoms with E-state index in [-0.39, 0.29) is 17.0 Å². The van der Waals surface area contributed by atoms with Crippen LogP contribution in [-0.4, -0.2) is 37.9 Å². The van der Waals surface area contributed by atoms with E-state index in [1.165, 1.54) is 11.1 Å². The topological polar surface area (TPSA) is 97.1 Å². The molecule has 0 amide bonds. The van der Waals surface area contributed by atoms with Gasteiger partial charge in [-0.25, -0.2) is 4.79 Å². The van der Waals surface area contributed by atoms with Crippen molar-refractivity contribution in [3.05, 3.63) is 28.8 Å². The Morgan fingerprint density at radius 1 is 1.09 bits per heavy atom. The van der Waals surface area contributed by atoms with Crippen molar-refractivity contribution in [1.82, 2.24) is 0 Å². The standard InChI is InChI=1S/C28H39NO6/c1-26(2)11-12-28(34-25(26)31)10-8-22-19-6-5-17-15-23(33-14-13-32-4)21(24(30)35-29)16-20(17)18(19)7-9-27(22,28)3/h15-16,18-19,22H,5-14,29H2,1-4H3/t18?,19?,22?,27-,28+/m0/s1. The zero-order valence-corrected chi connectivity index (χ0v) is 21.5. The molecule has 7 heteroatoms. The number of carbonyl (C=O) groups excluding carboxylic acids is 2. The normalized spacial score (nSPS) is 35.0. The number of methoxy groups -OCH3 is 1. The van der Waals surface area contributed by atoms with Gasteiger partial charge in [0.2, 0.25) is 0 Å². The quantitative estimate of drug-likeness (QED) is 0.367. The first kappa shape index (κ1) is 24.6. The molecule has 35 heavy (non-hydrogen) atoms. The summed E-state index contributed by atoms with van der Waals surface area (Å²) < 4.78 is 17.3. The lowest BCUT2D eigenvalue weighted by Gasteiger charge is -2.56. The van der Waals surface area contributed by atoms with Crippen LogP contribution in [0.25, 0.3) is 0 Å². The number of aryl methyl sites for hydroxylation is 1. The van der Waals surface area contributed by atoms with Gasteiger partial charge in [0.15, 0.2) is 0 Å². The summed E-state index contributed by atoms with van der Waals surface area (Å²) >= 11 is 0. The lowest BCUT2D eigenvalue weighted by Crippen LogP contribution is -2.56. The van der Waals surface area contributed by atoms with Crippen LogP contribution in [0.2, 0.25) is 0 Å². The van der Waals surface area contributed by atoms with Crippen molar-refractivity contribution in [2.45, 2.75) is 83.7 Å². The molecule has 1 aliphatic heterocycles. The van der Waals surface area contributed by atoms with Gasteiger partial charge >= 0.3 is 11.9 Å². The molecule has 3 unspecified atom stereocenters. The Bertz CT molecular complexity index is 1020. The van der Waals surface area contributed by atoms with Crippen LogP contribution in [0, 0.1) is 22.7 Å². The molecule has 5 rings (SSSR count). The first-order valence-corrected chi connectivity index (χ1v) is 13.1. The van der Waals surface area contributed by atoms with Gasteiger partial charge in [-0.15, -0.1) is 0 Å². The average molecular weight is 486 g/mol. The molecule has 3 fully saturated rings. The molecule has 2 N–H and O–H groups in total. The molecule has 0 radical (unpaired) electrons. The van der Waals surface area contributed by atoms with E-state index in [9.17, 15) is 9.59 Å². The van der Waals surface area contributed by atoms with Gasteiger partial charge < -0.3 is 19.0 Å². The molecule has 3 aliphatic carbocycles.